The molecular weight excluding hydrogens is 292 g/mol. The molecule has 0 bridgehead atoms. The molecule has 1 aliphatic rings. The van der Waals surface area contributed by atoms with E-state index < -0.39 is 0 Å². The Morgan fingerprint density at radius 1 is 1.38 bits per heavy atom. The molecule has 0 atom stereocenters. The molecule has 0 spiro atoms. The predicted octanol–water partition coefficient (Wildman–Crippen LogP) is 2.05. The molecule has 1 aromatic carbocycles. The monoisotopic (exact) mass is 302 g/mol. The predicted molar refractivity (Wildman–Crippen MR) is 76.6 cm³/mol. The molecule has 0 aliphatic carbocycles. The molecule has 0 radical (unpaired) electrons. The first kappa shape index (κ1) is 12.6. The Bertz CT molecular complexity index is 834. The van der Waals surface area contributed by atoms with Crippen molar-refractivity contribution in [3.8, 4) is 0 Å². The van der Waals surface area contributed by atoms with E-state index in [0.717, 1.165) is 18.5 Å². The number of nitrogens with zero attached hydrogens (tertiary/aromatic N) is 3. The zero-order chi connectivity index (χ0) is 14.4. The zero-order valence-electron chi connectivity index (χ0n) is 10.9. The summed E-state index contributed by atoms with van der Waals surface area (Å²) in [5, 5.41) is 12.5. The third-order valence-corrected chi connectivity index (χ3v) is 3.81. The van der Waals surface area contributed by atoms with Crippen molar-refractivity contribution in [2.75, 3.05) is 13.1 Å². The number of hydrogen-bond donors (Lipinski definition) is 1. The van der Waals surface area contributed by atoms with E-state index in [0.29, 0.717) is 10.6 Å². The van der Waals surface area contributed by atoms with Gasteiger partial charge in [0, 0.05) is 23.5 Å². The minimum atomic E-state index is -0.277. The van der Waals surface area contributed by atoms with Gasteiger partial charge in [0.05, 0.1) is 12.2 Å². The summed E-state index contributed by atoms with van der Waals surface area (Å²) < 4.78 is 7.26. The number of hydrogen-bond acceptors (Lipinski definition) is 5. The summed E-state index contributed by atoms with van der Waals surface area (Å²) in [5.41, 5.74) is 0.908. The van der Waals surface area contributed by atoms with Crippen LogP contribution in [0.5, 0.6) is 0 Å². The lowest BCUT2D eigenvalue weighted by Gasteiger charge is -2.26. The number of rotatable bonds is 3. The van der Waals surface area contributed by atoms with Gasteiger partial charge >= 0.3 is 0 Å². The normalized spacial score (nSPS) is 15.3. The van der Waals surface area contributed by atoms with Crippen LogP contribution in [0, 0.1) is 0 Å². The molecule has 4 rings (SSSR count). The standard InChI is InChI=1S/C14H11ClN4O2/c15-9-1-2-12-8(3-9)4-13(21-12)14(20)11-7-19(18-17-11)10-5-16-6-10/h1-4,7,10,16H,5-6H2. The molecule has 7 heteroatoms. The summed E-state index contributed by atoms with van der Waals surface area (Å²) in [6.45, 7) is 1.69. The minimum Gasteiger partial charge on any atom is -0.453 e. The molecular formula is C14H11ClN4O2. The van der Waals surface area contributed by atoms with E-state index in [1.54, 1.807) is 35.1 Å². The second kappa shape index (κ2) is 4.68. The molecule has 0 saturated carbocycles. The number of ketones is 1. The van der Waals surface area contributed by atoms with Crippen LogP contribution in [0.4, 0.5) is 0 Å². The van der Waals surface area contributed by atoms with E-state index in [-0.39, 0.29) is 23.3 Å². The van der Waals surface area contributed by atoms with Gasteiger partial charge in [-0.05, 0) is 24.3 Å². The van der Waals surface area contributed by atoms with Gasteiger partial charge in [-0.25, -0.2) is 4.68 Å². The molecule has 21 heavy (non-hydrogen) atoms. The van der Waals surface area contributed by atoms with Crippen LogP contribution in [0.2, 0.25) is 5.02 Å². The number of halogens is 1. The maximum absolute atomic E-state index is 12.4. The molecule has 6 nitrogen and oxygen atoms in total. The van der Waals surface area contributed by atoms with E-state index in [9.17, 15) is 4.79 Å². The summed E-state index contributed by atoms with van der Waals surface area (Å²) in [5.74, 6) is -0.0353. The lowest BCUT2D eigenvalue weighted by molar-refractivity contribution is 0.101. The Balaban J connectivity index is 1.67. The SMILES string of the molecule is O=C(c1cn(C2CNC2)nn1)c1cc2cc(Cl)ccc2o1. The fraction of sp³-hybridized carbons (Fsp3) is 0.214. The number of fused-ring (bicyclic) bond motifs is 1. The van der Waals surface area contributed by atoms with Crippen LogP contribution < -0.4 is 5.32 Å². The van der Waals surface area contributed by atoms with Gasteiger partial charge in [-0.15, -0.1) is 5.10 Å². The van der Waals surface area contributed by atoms with Gasteiger partial charge in [0.2, 0.25) is 5.78 Å². The molecule has 0 unspecified atom stereocenters. The Hall–Kier alpha value is -2.18. The van der Waals surface area contributed by atoms with E-state index >= 15 is 0 Å². The summed E-state index contributed by atoms with van der Waals surface area (Å²) in [6.07, 6.45) is 1.66. The highest BCUT2D eigenvalue weighted by Crippen LogP contribution is 2.24. The molecule has 1 N–H and O–H groups in total. The van der Waals surface area contributed by atoms with E-state index in [2.05, 4.69) is 15.6 Å². The van der Waals surface area contributed by atoms with Crippen molar-refractivity contribution in [3.63, 3.8) is 0 Å². The Morgan fingerprint density at radius 3 is 3.00 bits per heavy atom. The molecule has 1 fully saturated rings. The lowest BCUT2D eigenvalue weighted by Crippen LogP contribution is -2.43. The van der Waals surface area contributed by atoms with E-state index in [4.69, 9.17) is 16.0 Å². The summed E-state index contributed by atoms with van der Waals surface area (Å²) in [7, 11) is 0. The summed E-state index contributed by atoms with van der Waals surface area (Å²) in [6, 6.07) is 7.17. The largest absolute Gasteiger partial charge is 0.453 e. The van der Waals surface area contributed by atoms with Crippen LogP contribution in [-0.2, 0) is 0 Å². The first-order chi connectivity index (χ1) is 10.2. The van der Waals surface area contributed by atoms with Gasteiger partial charge in [-0.3, -0.25) is 4.79 Å². The van der Waals surface area contributed by atoms with E-state index in [1.807, 2.05) is 0 Å². The smallest absolute Gasteiger partial charge is 0.250 e. The quantitative estimate of drug-likeness (QED) is 0.750. The van der Waals surface area contributed by atoms with Crippen molar-refractivity contribution in [2.45, 2.75) is 6.04 Å². The molecule has 1 aliphatic heterocycles. The second-order valence-electron chi connectivity index (χ2n) is 5.02. The van der Waals surface area contributed by atoms with Crippen LogP contribution in [0.25, 0.3) is 11.0 Å². The second-order valence-corrected chi connectivity index (χ2v) is 5.45. The molecule has 2 aromatic heterocycles. The summed E-state index contributed by atoms with van der Waals surface area (Å²) in [4.78, 5) is 12.4. The number of carbonyl (C=O) groups is 1. The zero-order valence-corrected chi connectivity index (χ0v) is 11.7. The number of carbonyl (C=O) groups excluding carboxylic acids is 1. The van der Waals surface area contributed by atoms with Crippen molar-refractivity contribution in [3.05, 3.63) is 46.9 Å². The first-order valence-corrected chi connectivity index (χ1v) is 6.95. The van der Waals surface area contributed by atoms with Gasteiger partial charge in [0.15, 0.2) is 11.5 Å². The molecule has 0 amide bonds. The van der Waals surface area contributed by atoms with Gasteiger partial charge in [-0.2, -0.15) is 0 Å². The topological polar surface area (TPSA) is 73.0 Å². The third kappa shape index (κ3) is 2.12. The van der Waals surface area contributed by atoms with E-state index in [1.165, 1.54) is 0 Å². The third-order valence-electron chi connectivity index (χ3n) is 3.58. The highest BCUT2D eigenvalue weighted by Gasteiger charge is 2.23. The van der Waals surface area contributed by atoms with Crippen LogP contribution >= 0.6 is 11.6 Å². The Kier molecular flexibility index (Phi) is 2.80. The number of nitrogens with one attached hydrogen (secondary N) is 1. The van der Waals surface area contributed by atoms with Crippen LogP contribution in [0.3, 0.4) is 0 Å². The van der Waals surface area contributed by atoms with Crippen molar-refractivity contribution in [1.29, 1.82) is 0 Å². The maximum Gasteiger partial charge on any atom is 0.250 e. The average molecular weight is 303 g/mol. The number of aromatic nitrogens is 3. The van der Waals surface area contributed by atoms with Gasteiger partial charge in [0.1, 0.15) is 5.58 Å². The van der Waals surface area contributed by atoms with Crippen molar-refractivity contribution in [1.82, 2.24) is 20.3 Å². The van der Waals surface area contributed by atoms with Gasteiger partial charge < -0.3 is 9.73 Å². The highest BCUT2D eigenvalue weighted by atomic mass is 35.5. The van der Waals surface area contributed by atoms with Crippen molar-refractivity contribution < 1.29 is 9.21 Å². The van der Waals surface area contributed by atoms with Gasteiger partial charge in [0.25, 0.3) is 0 Å². The maximum atomic E-state index is 12.4. The Morgan fingerprint density at radius 2 is 2.24 bits per heavy atom. The molecule has 3 aromatic rings. The highest BCUT2D eigenvalue weighted by molar-refractivity contribution is 6.31. The average Bonchev–Trinajstić information content (AvgIpc) is 3.02. The Labute approximate surface area is 124 Å². The molecule has 1 saturated heterocycles. The van der Waals surface area contributed by atoms with Gasteiger partial charge in [-0.1, -0.05) is 16.8 Å². The fourth-order valence-electron chi connectivity index (χ4n) is 2.27. The van der Waals surface area contributed by atoms with Crippen LogP contribution in [0.15, 0.2) is 34.9 Å². The van der Waals surface area contributed by atoms with Crippen molar-refractivity contribution in [2.24, 2.45) is 0 Å². The minimum absolute atomic E-state index is 0.242. The summed E-state index contributed by atoms with van der Waals surface area (Å²) >= 11 is 5.93. The number of furan rings is 1. The number of benzene rings is 1. The molecule has 3 heterocycles. The van der Waals surface area contributed by atoms with Crippen LogP contribution in [0.1, 0.15) is 22.3 Å². The van der Waals surface area contributed by atoms with Crippen molar-refractivity contribution >= 4 is 28.4 Å². The van der Waals surface area contributed by atoms with Crippen LogP contribution in [-0.4, -0.2) is 33.9 Å². The fourth-order valence-corrected chi connectivity index (χ4v) is 2.45. The molecule has 106 valence electrons. The lowest BCUT2D eigenvalue weighted by atomic mass is 10.2. The first-order valence-electron chi connectivity index (χ1n) is 6.57.